The van der Waals surface area contributed by atoms with Gasteiger partial charge in [0.05, 0.1) is 6.61 Å². The third-order valence-corrected chi connectivity index (χ3v) is 1.83. The van der Waals surface area contributed by atoms with Crippen LogP contribution in [0.3, 0.4) is 0 Å². The number of hydrogen-bond donors (Lipinski definition) is 2. The smallest absolute Gasteiger partial charge is 0.293 e. The molecule has 1 heterocycles. The Labute approximate surface area is 82.0 Å². The maximum Gasteiger partial charge on any atom is 0.293 e. The van der Waals surface area contributed by atoms with E-state index in [1.807, 2.05) is 6.92 Å². The van der Waals surface area contributed by atoms with Crippen molar-refractivity contribution in [3.8, 4) is 0 Å². The number of nitrogens with one attached hydrogen (secondary N) is 1. The number of nitrogens with zero attached hydrogens (tertiary/aromatic N) is 3. The molecule has 78 valence electrons. The Morgan fingerprint density at radius 2 is 2.36 bits per heavy atom. The van der Waals surface area contributed by atoms with Crippen LogP contribution in [-0.4, -0.2) is 50.8 Å². The highest BCUT2D eigenvalue weighted by molar-refractivity contribution is 5.90. The zero-order valence-electron chi connectivity index (χ0n) is 8.32. The third kappa shape index (κ3) is 2.29. The molecule has 1 rings (SSSR count). The van der Waals surface area contributed by atoms with Crippen LogP contribution in [0, 0.1) is 6.92 Å². The summed E-state index contributed by atoms with van der Waals surface area (Å²) in [6, 6.07) is 0. The van der Waals surface area contributed by atoms with E-state index in [1.54, 1.807) is 6.92 Å². The number of rotatable bonds is 4. The summed E-state index contributed by atoms with van der Waals surface area (Å²) in [6.45, 7) is 4.36. The lowest BCUT2D eigenvalue weighted by Gasteiger charge is -2.17. The van der Waals surface area contributed by atoms with Gasteiger partial charge in [-0.15, -0.1) is 5.10 Å². The summed E-state index contributed by atoms with van der Waals surface area (Å²) in [6.07, 6.45) is 0. The number of aromatic amines is 1. The number of carbonyl (C=O) groups is 1. The quantitative estimate of drug-likeness (QED) is 0.687. The predicted molar refractivity (Wildman–Crippen MR) is 49.8 cm³/mol. The molecule has 0 saturated heterocycles. The lowest BCUT2D eigenvalue weighted by Crippen LogP contribution is -2.34. The van der Waals surface area contributed by atoms with Crippen LogP contribution in [0.2, 0.25) is 0 Å². The van der Waals surface area contributed by atoms with Crippen molar-refractivity contribution in [3.05, 3.63) is 11.6 Å². The van der Waals surface area contributed by atoms with Crippen molar-refractivity contribution in [2.24, 2.45) is 0 Å². The third-order valence-electron chi connectivity index (χ3n) is 1.83. The molecule has 0 aromatic carbocycles. The van der Waals surface area contributed by atoms with E-state index in [2.05, 4.69) is 15.2 Å². The van der Waals surface area contributed by atoms with E-state index in [-0.39, 0.29) is 18.3 Å². The molecule has 0 radical (unpaired) electrons. The number of aromatic nitrogens is 3. The van der Waals surface area contributed by atoms with E-state index in [4.69, 9.17) is 5.11 Å². The highest BCUT2D eigenvalue weighted by atomic mass is 16.3. The largest absolute Gasteiger partial charge is 0.395 e. The first kappa shape index (κ1) is 10.6. The van der Waals surface area contributed by atoms with Gasteiger partial charge in [-0.3, -0.25) is 9.89 Å². The van der Waals surface area contributed by atoms with Crippen molar-refractivity contribution in [3.63, 3.8) is 0 Å². The average molecular weight is 198 g/mol. The van der Waals surface area contributed by atoms with Crippen molar-refractivity contribution >= 4 is 5.91 Å². The molecule has 0 unspecified atom stereocenters. The molecule has 6 nitrogen and oxygen atoms in total. The number of aliphatic hydroxyl groups excluding tert-OH is 1. The van der Waals surface area contributed by atoms with E-state index < -0.39 is 0 Å². The fraction of sp³-hybridized carbons (Fsp3) is 0.625. The molecule has 0 spiro atoms. The van der Waals surface area contributed by atoms with Crippen LogP contribution < -0.4 is 0 Å². The van der Waals surface area contributed by atoms with Gasteiger partial charge in [-0.1, -0.05) is 0 Å². The van der Waals surface area contributed by atoms with E-state index >= 15 is 0 Å². The number of H-pyrrole nitrogens is 1. The second-order valence-corrected chi connectivity index (χ2v) is 2.85. The average Bonchev–Trinajstić information content (AvgIpc) is 2.60. The van der Waals surface area contributed by atoms with Gasteiger partial charge in [0.1, 0.15) is 5.82 Å². The highest BCUT2D eigenvalue weighted by Gasteiger charge is 2.17. The molecular formula is C8H14N4O2. The Hall–Kier alpha value is -1.43. The van der Waals surface area contributed by atoms with Gasteiger partial charge in [0.15, 0.2) is 0 Å². The summed E-state index contributed by atoms with van der Waals surface area (Å²) in [5, 5.41) is 15.1. The van der Waals surface area contributed by atoms with Gasteiger partial charge in [0, 0.05) is 13.1 Å². The number of likely N-dealkylation sites (N-methyl/N-ethyl adjacent to an activating group) is 1. The first-order chi connectivity index (χ1) is 6.69. The standard InChI is InChI=1S/C8H14N4O2/c1-3-12(4-5-13)8(14)7-9-6(2)10-11-7/h13H,3-5H2,1-2H3,(H,9,10,11). The van der Waals surface area contributed by atoms with E-state index in [0.717, 1.165) is 0 Å². The molecule has 0 aliphatic carbocycles. The molecule has 1 amide bonds. The molecular weight excluding hydrogens is 184 g/mol. The Balaban J connectivity index is 2.72. The number of amides is 1. The monoisotopic (exact) mass is 198 g/mol. The summed E-state index contributed by atoms with van der Waals surface area (Å²) >= 11 is 0. The number of carbonyl (C=O) groups excluding carboxylic acids is 1. The van der Waals surface area contributed by atoms with Crippen molar-refractivity contribution in [2.45, 2.75) is 13.8 Å². The summed E-state index contributed by atoms with van der Waals surface area (Å²) in [5.74, 6) is 0.497. The number of aliphatic hydroxyl groups is 1. The zero-order chi connectivity index (χ0) is 10.6. The summed E-state index contributed by atoms with van der Waals surface area (Å²) < 4.78 is 0. The van der Waals surface area contributed by atoms with Crippen LogP contribution in [0.4, 0.5) is 0 Å². The van der Waals surface area contributed by atoms with Gasteiger partial charge in [-0.2, -0.15) is 0 Å². The number of hydrogen-bond acceptors (Lipinski definition) is 4. The van der Waals surface area contributed by atoms with E-state index in [9.17, 15) is 4.79 Å². The normalized spacial score (nSPS) is 10.2. The first-order valence-electron chi connectivity index (χ1n) is 4.48. The number of aryl methyl sites for hydroxylation is 1. The fourth-order valence-electron chi connectivity index (χ4n) is 1.10. The molecule has 1 aromatic rings. The summed E-state index contributed by atoms with van der Waals surface area (Å²) in [7, 11) is 0. The van der Waals surface area contributed by atoms with Gasteiger partial charge in [0.2, 0.25) is 5.82 Å². The van der Waals surface area contributed by atoms with Gasteiger partial charge >= 0.3 is 0 Å². The van der Waals surface area contributed by atoms with Crippen molar-refractivity contribution in [1.29, 1.82) is 0 Å². The van der Waals surface area contributed by atoms with Crippen molar-refractivity contribution in [2.75, 3.05) is 19.7 Å². The van der Waals surface area contributed by atoms with Crippen molar-refractivity contribution < 1.29 is 9.90 Å². The van der Waals surface area contributed by atoms with E-state index in [0.29, 0.717) is 18.9 Å². The second-order valence-electron chi connectivity index (χ2n) is 2.85. The molecule has 0 fully saturated rings. The maximum absolute atomic E-state index is 11.6. The highest BCUT2D eigenvalue weighted by Crippen LogP contribution is 1.98. The molecule has 0 saturated carbocycles. The predicted octanol–water partition coefficient (Wildman–Crippen LogP) is -0.432. The minimum Gasteiger partial charge on any atom is -0.395 e. The SMILES string of the molecule is CCN(CCO)C(=O)c1n[nH]c(C)n1. The van der Waals surface area contributed by atoms with Crippen LogP contribution in [0.5, 0.6) is 0 Å². The Kier molecular flexibility index (Phi) is 3.58. The topological polar surface area (TPSA) is 82.1 Å². The minimum absolute atomic E-state index is 0.0526. The molecule has 0 atom stereocenters. The van der Waals surface area contributed by atoms with Crippen LogP contribution in [-0.2, 0) is 0 Å². The molecule has 0 aliphatic rings. The van der Waals surface area contributed by atoms with E-state index in [1.165, 1.54) is 4.90 Å². The summed E-state index contributed by atoms with van der Waals surface area (Å²) in [4.78, 5) is 17.1. The lowest BCUT2D eigenvalue weighted by molar-refractivity contribution is 0.0720. The maximum atomic E-state index is 11.6. The minimum atomic E-state index is -0.258. The van der Waals surface area contributed by atoms with Gasteiger partial charge in [-0.25, -0.2) is 4.98 Å². The van der Waals surface area contributed by atoms with Crippen LogP contribution in [0.15, 0.2) is 0 Å². The molecule has 1 aromatic heterocycles. The molecule has 2 N–H and O–H groups in total. The lowest BCUT2D eigenvalue weighted by atomic mass is 10.4. The molecule has 6 heteroatoms. The molecule has 0 bridgehead atoms. The molecule has 0 aliphatic heterocycles. The van der Waals surface area contributed by atoms with Crippen LogP contribution >= 0.6 is 0 Å². The summed E-state index contributed by atoms with van der Waals surface area (Å²) in [5.41, 5.74) is 0. The van der Waals surface area contributed by atoms with Crippen LogP contribution in [0.1, 0.15) is 23.4 Å². The Morgan fingerprint density at radius 3 is 2.79 bits per heavy atom. The second kappa shape index (κ2) is 4.71. The Morgan fingerprint density at radius 1 is 1.64 bits per heavy atom. The van der Waals surface area contributed by atoms with Crippen LogP contribution in [0.25, 0.3) is 0 Å². The van der Waals surface area contributed by atoms with Gasteiger partial charge in [-0.05, 0) is 13.8 Å². The van der Waals surface area contributed by atoms with Crippen molar-refractivity contribution in [1.82, 2.24) is 20.1 Å². The first-order valence-corrected chi connectivity index (χ1v) is 4.48. The zero-order valence-corrected chi connectivity index (χ0v) is 8.32. The fourth-order valence-corrected chi connectivity index (χ4v) is 1.10. The Bertz CT molecular complexity index is 310. The molecule has 14 heavy (non-hydrogen) atoms. The van der Waals surface area contributed by atoms with Gasteiger partial charge in [0.25, 0.3) is 5.91 Å². The van der Waals surface area contributed by atoms with Gasteiger partial charge < -0.3 is 10.0 Å².